The van der Waals surface area contributed by atoms with Gasteiger partial charge in [0.25, 0.3) is 0 Å². The number of hydrogen-bond donors (Lipinski definition) is 2. The van der Waals surface area contributed by atoms with Crippen molar-refractivity contribution in [1.82, 2.24) is 15.1 Å². The van der Waals surface area contributed by atoms with Crippen molar-refractivity contribution in [1.29, 1.82) is 0 Å². The molecule has 0 aliphatic heterocycles. The van der Waals surface area contributed by atoms with E-state index < -0.39 is 5.97 Å². The number of carboxylic acid groups (broad SMARTS) is 1. The predicted molar refractivity (Wildman–Crippen MR) is 59.3 cm³/mol. The molecule has 5 nitrogen and oxygen atoms in total. The third-order valence-electron chi connectivity index (χ3n) is 3.12. The van der Waals surface area contributed by atoms with Crippen molar-refractivity contribution < 1.29 is 9.90 Å². The predicted octanol–water partition coefficient (Wildman–Crippen LogP) is 1.15. The first-order chi connectivity index (χ1) is 7.66. The molecule has 1 aromatic rings. The van der Waals surface area contributed by atoms with E-state index in [4.69, 9.17) is 5.11 Å². The maximum atomic E-state index is 10.7. The number of nitrogens with zero attached hydrogens (tertiary/aromatic N) is 2. The van der Waals surface area contributed by atoms with Crippen molar-refractivity contribution in [3.05, 3.63) is 17.5 Å². The minimum Gasteiger partial charge on any atom is -0.476 e. The number of aromatic carboxylic acids is 1. The summed E-state index contributed by atoms with van der Waals surface area (Å²) in [6.45, 7) is 0.696. The fourth-order valence-electron chi connectivity index (χ4n) is 2.15. The zero-order valence-electron chi connectivity index (χ0n) is 9.44. The Labute approximate surface area is 94.5 Å². The molecular formula is C11H17N3O2. The van der Waals surface area contributed by atoms with Gasteiger partial charge in [-0.05, 0) is 18.9 Å². The number of rotatable bonds is 4. The fraction of sp³-hybridized carbons (Fsp3) is 0.636. The van der Waals surface area contributed by atoms with E-state index in [0.29, 0.717) is 12.6 Å². The number of carbonyl (C=O) groups is 1. The number of nitrogens with one attached hydrogen (secondary N) is 1. The Morgan fingerprint density at radius 1 is 1.62 bits per heavy atom. The van der Waals surface area contributed by atoms with Crippen molar-refractivity contribution in [2.24, 2.45) is 7.05 Å². The number of aromatic nitrogens is 2. The second-order valence-corrected chi connectivity index (χ2v) is 4.31. The molecule has 5 heteroatoms. The molecule has 1 aliphatic carbocycles. The molecule has 0 bridgehead atoms. The summed E-state index contributed by atoms with van der Waals surface area (Å²) in [7, 11) is 1.78. The highest BCUT2D eigenvalue weighted by molar-refractivity contribution is 5.85. The molecule has 1 heterocycles. The standard InChI is InChI=1S/C11H17N3O2/c1-14-9(6-10(13-14)11(15)16)7-12-8-4-2-3-5-8/h6,8,12H,2-5,7H2,1H3,(H,15,16). The minimum atomic E-state index is -0.970. The highest BCUT2D eigenvalue weighted by Crippen LogP contribution is 2.18. The third kappa shape index (κ3) is 2.41. The molecule has 0 aromatic carbocycles. The highest BCUT2D eigenvalue weighted by atomic mass is 16.4. The second-order valence-electron chi connectivity index (χ2n) is 4.31. The smallest absolute Gasteiger partial charge is 0.356 e. The Morgan fingerprint density at radius 2 is 2.31 bits per heavy atom. The van der Waals surface area contributed by atoms with Gasteiger partial charge in [-0.15, -0.1) is 0 Å². The fourth-order valence-corrected chi connectivity index (χ4v) is 2.15. The van der Waals surface area contributed by atoms with Gasteiger partial charge in [0, 0.05) is 19.6 Å². The molecule has 0 saturated heterocycles. The lowest BCUT2D eigenvalue weighted by atomic mass is 10.2. The average Bonchev–Trinajstić information content (AvgIpc) is 2.84. The lowest BCUT2D eigenvalue weighted by Gasteiger charge is -2.11. The summed E-state index contributed by atoms with van der Waals surface area (Å²) in [6, 6.07) is 2.22. The molecule has 0 unspecified atom stereocenters. The molecule has 1 aliphatic rings. The third-order valence-corrected chi connectivity index (χ3v) is 3.12. The van der Waals surface area contributed by atoms with Gasteiger partial charge in [0.1, 0.15) is 0 Å². The SMILES string of the molecule is Cn1nc(C(=O)O)cc1CNC1CCCC1. The average molecular weight is 223 g/mol. The highest BCUT2D eigenvalue weighted by Gasteiger charge is 2.16. The largest absolute Gasteiger partial charge is 0.476 e. The van der Waals surface area contributed by atoms with Crippen molar-refractivity contribution in [2.45, 2.75) is 38.3 Å². The summed E-state index contributed by atoms with van der Waals surface area (Å²) in [5, 5.41) is 16.2. The van der Waals surface area contributed by atoms with Crippen LogP contribution in [0.25, 0.3) is 0 Å². The van der Waals surface area contributed by atoms with E-state index in [-0.39, 0.29) is 5.69 Å². The van der Waals surface area contributed by atoms with E-state index in [1.165, 1.54) is 25.7 Å². The number of hydrogen-bond acceptors (Lipinski definition) is 3. The summed E-state index contributed by atoms with van der Waals surface area (Å²) in [6.07, 6.45) is 5.04. The Balaban J connectivity index is 1.95. The maximum Gasteiger partial charge on any atom is 0.356 e. The van der Waals surface area contributed by atoms with Crippen molar-refractivity contribution >= 4 is 5.97 Å². The van der Waals surface area contributed by atoms with Gasteiger partial charge in [-0.1, -0.05) is 12.8 Å². The van der Waals surface area contributed by atoms with Gasteiger partial charge in [-0.25, -0.2) is 4.79 Å². The van der Waals surface area contributed by atoms with Crippen LogP contribution >= 0.6 is 0 Å². The molecule has 16 heavy (non-hydrogen) atoms. The Morgan fingerprint density at radius 3 is 2.88 bits per heavy atom. The lowest BCUT2D eigenvalue weighted by molar-refractivity contribution is 0.0689. The van der Waals surface area contributed by atoms with Crippen LogP contribution in [-0.4, -0.2) is 26.9 Å². The van der Waals surface area contributed by atoms with Crippen LogP contribution in [-0.2, 0) is 13.6 Å². The quantitative estimate of drug-likeness (QED) is 0.803. The monoisotopic (exact) mass is 223 g/mol. The first-order valence-corrected chi connectivity index (χ1v) is 5.66. The molecule has 0 atom stereocenters. The zero-order chi connectivity index (χ0) is 11.5. The van der Waals surface area contributed by atoms with Crippen LogP contribution in [0.15, 0.2) is 6.07 Å². The van der Waals surface area contributed by atoms with Gasteiger partial charge >= 0.3 is 5.97 Å². The molecule has 2 N–H and O–H groups in total. The Bertz CT molecular complexity index is 381. The van der Waals surface area contributed by atoms with E-state index in [2.05, 4.69) is 10.4 Å². The molecule has 0 radical (unpaired) electrons. The summed E-state index contributed by atoms with van der Waals surface area (Å²) in [4.78, 5) is 10.7. The maximum absolute atomic E-state index is 10.7. The van der Waals surface area contributed by atoms with Gasteiger partial charge in [0.2, 0.25) is 0 Å². The number of carboxylic acids is 1. The van der Waals surface area contributed by atoms with Gasteiger partial charge in [-0.3, -0.25) is 4.68 Å². The first-order valence-electron chi connectivity index (χ1n) is 5.66. The summed E-state index contributed by atoms with van der Waals surface area (Å²) in [5.74, 6) is -0.970. The minimum absolute atomic E-state index is 0.116. The topological polar surface area (TPSA) is 67.2 Å². The van der Waals surface area contributed by atoms with E-state index in [1.54, 1.807) is 17.8 Å². The lowest BCUT2D eigenvalue weighted by Crippen LogP contribution is -2.26. The van der Waals surface area contributed by atoms with Crippen LogP contribution in [0.1, 0.15) is 41.9 Å². The Hall–Kier alpha value is -1.36. The van der Waals surface area contributed by atoms with Gasteiger partial charge in [-0.2, -0.15) is 5.10 Å². The van der Waals surface area contributed by atoms with Crippen molar-refractivity contribution in [2.75, 3.05) is 0 Å². The first kappa shape index (κ1) is 11.1. The van der Waals surface area contributed by atoms with E-state index in [1.807, 2.05) is 0 Å². The molecule has 0 spiro atoms. The van der Waals surface area contributed by atoms with E-state index in [9.17, 15) is 4.79 Å². The summed E-state index contributed by atoms with van der Waals surface area (Å²) in [5.41, 5.74) is 1.04. The van der Waals surface area contributed by atoms with Crippen LogP contribution in [0.2, 0.25) is 0 Å². The van der Waals surface area contributed by atoms with Crippen LogP contribution in [0.5, 0.6) is 0 Å². The molecule has 1 aromatic heterocycles. The van der Waals surface area contributed by atoms with Crippen molar-refractivity contribution in [3.63, 3.8) is 0 Å². The molecule has 1 fully saturated rings. The second kappa shape index (κ2) is 4.65. The van der Waals surface area contributed by atoms with Crippen LogP contribution in [0, 0.1) is 0 Å². The summed E-state index contributed by atoms with van der Waals surface area (Å²) < 4.78 is 1.63. The van der Waals surface area contributed by atoms with Crippen LogP contribution < -0.4 is 5.32 Å². The van der Waals surface area contributed by atoms with Crippen LogP contribution in [0.4, 0.5) is 0 Å². The molecular weight excluding hydrogens is 206 g/mol. The molecule has 2 rings (SSSR count). The zero-order valence-corrected chi connectivity index (χ0v) is 9.44. The molecule has 1 saturated carbocycles. The van der Waals surface area contributed by atoms with E-state index >= 15 is 0 Å². The van der Waals surface area contributed by atoms with Crippen molar-refractivity contribution in [3.8, 4) is 0 Å². The number of aryl methyl sites for hydroxylation is 1. The van der Waals surface area contributed by atoms with Gasteiger partial charge < -0.3 is 10.4 Å². The van der Waals surface area contributed by atoms with Gasteiger partial charge in [0.15, 0.2) is 5.69 Å². The molecule has 88 valence electrons. The van der Waals surface area contributed by atoms with Crippen LogP contribution in [0.3, 0.4) is 0 Å². The Kier molecular flexibility index (Phi) is 3.24. The van der Waals surface area contributed by atoms with E-state index in [0.717, 1.165) is 5.69 Å². The van der Waals surface area contributed by atoms with Gasteiger partial charge in [0.05, 0.1) is 5.69 Å². The molecule has 0 amide bonds. The summed E-state index contributed by atoms with van der Waals surface area (Å²) >= 11 is 0. The normalized spacial score (nSPS) is 16.8.